The van der Waals surface area contributed by atoms with Crippen LogP contribution in [0, 0.1) is 31.0 Å². The maximum absolute atomic E-state index is 13.3. The molecule has 1 atom stereocenters. The van der Waals surface area contributed by atoms with Crippen LogP contribution in [0.25, 0.3) is 0 Å². The Bertz CT molecular complexity index is 797. The van der Waals surface area contributed by atoms with E-state index in [1.54, 1.807) is 12.1 Å². The van der Waals surface area contributed by atoms with Crippen molar-refractivity contribution < 1.29 is 9.13 Å². The van der Waals surface area contributed by atoms with Gasteiger partial charge in [0, 0.05) is 19.6 Å². The average Bonchev–Trinajstić information content (AvgIpc) is 2.67. The fourth-order valence-electron chi connectivity index (χ4n) is 3.09. The number of anilines is 1. The van der Waals surface area contributed by atoms with Crippen molar-refractivity contribution in [1.29, 1.82) is 5.26 Å². The van der Waals surface area contributed by atoms with Crippen LogP contribution in [0.15, 0.2) is 24.3 Å². The molecule has 1 aliphatic rings. The molecular formula is C19H22FN5O. The highest BCUT2D eigenvalue weighted by molar-refractivity contribution is 5.55. The molecule has 136 valence electrons. The fourth-order valence-corrected chi connectivity index (χ4v) is 3.09. The second-order valence-electron chi connectivity index (χ2n) is 6.34. The lowest BCUT2D eigenvalue weighted by atomic mass is 10.0. The van der Waals surface area contributed by atoms with E-state index in [1.807, 2.05) is 13.8 Å². The zero-order chi connectivity index (χ0) is 18.5. The number of aromatic nitrogens is 2. The van der Waals surface area contributed by atoms with Crippen molar-refractivity contribution in [2.24, 2.45) is 0 Å². The standard InChI is InChI=1S/C19H22FN5O/c1-13-14(2)23-24-19(17(13)11-21)22-12-18(25-7-9-26-10-8-25)15-3-5-16(20)6-4-15/h3-6,18H,7-10,12H2,1-2H3,(H,22,24)/t18-/m1/s1. The highest BCUT2D eigenvalue weighted by Crippen LogP contribution is 2.24. The minimum absolute atomic E-state index is 0.0226. The van der Waals surface area contributed by atoms with Gasteiger partial charge < -0.3 is 10.1 Å². The van der Waals surface area contributed by atoms with Crippen LogP contribution in [0.3, 0.4) is 0 Å². The highest BCUT2D eigenvalue weighted by atomic mass is 19.1. The number of nitrogens with zero attached hydrogens (tertiary/aromatic N) is 4. The molecule has 0 aliphatic carbocycles. The van der Waals surface area contributed by atoms with Gasteiger partial charge in [-0.15, -0.1) is 5.10 Å². The minimum atomic E-state index is -0.255. The Balaban J connectivity index is 1.83. The number of morpholine rings is 1. The van der Waals surface area contributed by atoms with Crippen LogP contribution in [-0.2, 0) is 4.74 Å². The number of halogens is 1. The number of hydrogen-bond acceptors (Lipinski definition) is 6. The van der Waals surface area contributed by atoms with Crippen LogP contribution in [-0.4, -0.2) is 47.9 Å². The monoisotopic (exact) mass is 355 g/mol. The molecule has 0 bridgehead atoms. The maximum atomic E-state index is 13.3. The van der Waals surface area contributed by atoms with Gasteiger partial charge in [-0.1, -0.05) is 12.1 Å². The first-order valence-corrected chi connectivity index (χ1v) is 8.65. The Morgan fingerprint density at radius 2 is 1.92 bits per heavy atom. The molecule has 1 aromatic carbocycles. The molecule has 0 unspecified atom stereocenters. The van der Waals surface area contributed by atoms with Crippen LogP contribution in [0.4, 0.5) is 10.2 Å². The summed E-state index contributed by atoms with van der Waals surface area (Å²) in [5.41, 5.74) is 3.10. The number of aryl methyl sites for hydroxylation is 1. The van der Waals surface area contributed by atoms with Crippen molar-refractivity contribution in [2.75, 3.05) is 38.2 Å². The first-order chi connectivity index (χ1) is 12.6. The molecule has 1 N–H and O–H groups in total. The molecule has 6 nitrogen and oxygen atoms in total. The molecular weight excluding hydrogens is 333 g/mol. The van der Waals surface area contributed by atoms with Gasteiger partial charge in [-0.05, 0) is 37.1 Å². The minimum Gasteiger partial charge on any atom is -0.379 e. The van der Waals surface area contributed by atoms with E-state index in [-0.39, 0.29) is 11.9 Å². The van der Waals surface area contributed by atoms with E-state index in [0.29, 0.717) is 31.1 Å². The predicted molar refractivity (Wildman–Crippen MR) is 96.2 cm³/mol. The molecule has 26 heavy (non-hydrogen) atoms. The van der Waals surface area contributed by atoms with Crippen molar-refractivity contribution in [3.63, 3.8) is 0 Å². The lowest BCUT2D eigenvalue weighted by Gasteiger charge is -2.35. The summed E-state index contributed by atoms with van der Waals surface area (Å²) in [6, 6.07) is 8.77. The Labute approximate surface area is 152 Å². The van der Waals surface area contributed by atoms with Gasteiger partial charge in [-0.2, -0.15) is 10.4 Å². The second-order valence-corrected chi connectivity index (χ2v) is 6.34. The number of rotatable bonds is 5. The molecule has 7 heteroatoms. The lowest BCUT2D eigenvalue weighted by molar-refractivity contribution is 0.0187. The van der Waals surface area contributed by atoms with Crippen molar-refractivity contribution in [3.05, 3.63) is 52.5 Å². The van der Waals surface area contributed by atoms with Crippen LogP contribution >= 0.6 is 0 Å². The number of nitrogens with one attached hydrogen (secondary N) is 1. The maximum Gasteiger partial charge on any atom is 0.167 e. The van der Waals surface area contributed by atoms with E-state index in [9.17, 15) is 9.65 Å². The summed E-state index contributed by atoms with van der Waals surface area (Å²) in [5.74, 6) is 0.227. The largest absolute Gasteiger partial charge is 0.379 e. The van der Waals surface area contributed by atoms with Gasteiger partial charge in [0.15, 0.2) is 5.82 Å². The summed E-state index contributed by atoms with van der Waals surface area (Å²) < 4.78 is 18.8. The molecule has 1 saturated heterocycles. The van der Waals surface area contributed by atoms with Crippen molar-refractivity contribution in [2.45, 2.75) is 19.9 Å². The zero-order valence-electron chi connectivity index (χ0n) is 15.0. The SMILES string of the molecule is Cc1nnc(NC[C@H](c2ccc(F)cc2)N2CCOCC2)c(C#N)c1C. The summed E-state index contributed by atoms with van der Waals surface area (Å²) in [6.45, 7) is 7.18. The van der Waals surface area contributed by atoms with E-state index >= 15 is 0 Å². The van der Waals surface area contributed by atoms with E-state index < -0.39 is 0 Å². The molecule has 0 spiro atoms. The van der Waals surface area contributed by atoms with E-state index in [0.717, 1.165) is 29.9 Å². The molecule has 1 aromatic heterocycles. The van der Waals surface area contributed by atoms with Gasteiger partial charge in [0.1, 0.15) is 17.4 Å². The molecule has 0 saturated carbocycles. The number of hydrogen-bond donors (Lipinski definition) is 1. The van der Waals surface area contributed by atoms with E-state index in [2.05, 4.69) is 26.5 Å². The summed E-state index contributed by atoms with van der Waals surface area (Å²) in [4.78, 5) is 2.30. The van der Waals surface area contributed by atoms with Crippen LogP contribution in [0.5, 0.6) is 0 Å². The third-order valence-electron chi connectivity index (χ3n) is 4.77. The fraction of sp³-hybridized carbons (Fsp3) is 0.421. The van der Waals surface area contributed by atoms with Gasteiger partial charge in [0.2, 0.25) is 0 Å². The van der Waals surface area contributed by atoms with Crippen LogP contribution < -0.4 is 5.32 Å². The molecule has 1 fully saturated rings. The van der Waals surface area contributed by atoms with Gasteiger partial charge in [0.25, 0.3) is 0 Å². The zero-order valence-corrected chi connectivity index (χ0v) is 15.0. The third-order valence-corrected chi connectivity index (χ3v) is 4.77. The first kappa shape index (κ1) is 18.2. The molecule has 2 heterocycles. The summed E-state index contributed by atoms with van der Waals surface area (Å²) >= 11 is 0. The first-order valence-electron chi connectivity index (χ1n) is 8.65. The summed E-state index contributed by atoms with van der Waals surface area (Å²) in [5, 5.41) is 21.0. The number of ether oxygens (including phenoxy) is 1. The molecule has 3 rings (SSSR count). The molecule has 1 aliphatic heterocycles. The average molecular weight is 355 g/mol. The Kier molecular flexibility index (Phi) is 5.76. The van der Waals surface area contributed by atoms with E-state index in [1.165, 1.54) is 12.1 Å². The van der Waals surface area contributed by atoms with Gasteiger partial charge in [0.05, 0.1) is 24.9 Å². The van der Waals surface area contributed by atoms with Gasteiger partial charge >= 0.3 is 0 Å². The topological polar surface area (TPSA) is 74.1 Å². The predicted octanol–water partition coefficient (Wildman–Crippen LogP) is 2.59. The highest BCUT2D eigenvalue weighted by Gasteiger charge is 2.23. The molecule has 0 radical (unpaired) electrons. The van der Waals surface area contributed by atoms with E-state index in [4.69, 9.17) is 4.74 Å². The Hall–Kier alpha value is -2.56. The number of benzene rings is 1. The summed E-state index contributed by atoms with van der Waals surface area (Å²) in [7, 11) is 0. The van der Waals surface area contributed by atoms with Crippen molar-refractivity contribution >= 4 is 5.82 Å². The Morgan fingerprint density at radius 3 is 2.58 bits per heavy atom. The molecule has 0 amide bonds. The third kappa shape index (κ3) is 3.98. The molecule has 2 aromatic rings. The normalized spacial score (nSPS) is 16.1. The Morgan fingerprint density at radius 1 is 1.23 bits per heavy atom. The second kappa shape index (κ2) is 8.21. The number of nitriles is 1. The quantitative estimate of drug-likeness (QED) is 0.889. The smallest absolute Gasteiger partial charge is 0.167 e. The lowest BCUT2D eigenvalue weighted by Crippen LogP contribution is -2.41. The van der Waals surface area contributed by atoms with Crippen LogP contribution in [0.2, 0.25) is 0 Å². The van der Waals surface area contributed by atoms with Crippen molar-refractivity contribution in [1.82, 2.24) is 15.1 Å². The van der Waals surface area contributed by atoms with Gasteiger partial charge in [-0.25, -0.2) is 4.39 Å². The van der Waals surface area contributed by atoms with Crippen LogP contribution in [0.1, 0.15) is 28.4 Å². The van der Waals surface area contributed by atoms with Crippen molar-refractivity contribution in [3.8, 4) is 6.07 Å². The van der Waals surface area contributed by atoms with Gasteiger partial charge in [-0.3, -0.25) is 4.90 Å². The summed E-state index contributed by atoms with van der Waals surface area (Å²) in [6.07, 6.45) is 0.